The summed E-state index contributed by atoms with van der Waals surface area (Å²) in [4.78, 5) is 92.0. The van der Waals surface area contributed by atoms with Gasteiger partial charge in [0.15, 0.2) is 0 Å². The van der Waals surface area contributed by atoms with Crippen molar-refractivity contribution in [1.29, 1.82) is 0 Å². The van der Waals surface area contributed by atoms with Crippen molar-refractivity contribution in [2.45, 2.75) is 113 Å². The fourth-order valence-electron chi connectivity index (χ4n) is 9.84. The van der Waals surface area contributed by atoms with E-state index < -0.39 is 60.3 Å². The van der Waals surface area contributed by atoms with E-state index in [4.69, 9.17) is 9.73 Å². The van der Waals surface area contributed by atoms with Gasteiger partial charge in [-0.1, -0.05) is 18.9 Å². The Bertz CT molecular complexity index is 2220. The van der Waals surface area contributed by atoms with Gasteiger partial charge in [0.05, 0.1) is 30.5 Å². The molecule has 0 bridgehead atoms. The number of guanidine groups is 1. The van der Waals surface area contributed by atoms with E-state index in [0.29, 0.717) is 35.3 Å². The number of hydrogen-bond donors (Lipinski definition) is 4. The van der Waals surface area contributed by atoms with Crippen molar-refractivity contribution in [1.82, 2.24) is 30.2 Å². The first-order valence-corrected chi connectivity index (χ1v) is 21.8. The van der Waals surface area contributed by atoms with E-state index in [1.807, 2.05) is 0 Å². The van der Waals surface area contributed by atoms with Crippen LogP contribution in [-0.2, 0) is 14.4 Å². The highest BCUT2D eigenvalue weighted by molar-refractivity contribution is 6.25. The number of nitrogens with one attached hydrogen (secondary N) is 4. The lowest BCUT2D eigenvalue weighted by molar-refractivity contribution is -0.156. The maximum atomic E-state index is 15.1. The average molecular weight is 873 g/mol. The summed E-state index contributed by atoms with van der Waals surface area (Å²) >= 11 is 0. The lowest BCUT2D eigenvalue weighted by Gasteiger charge is -2.38. The zero-order valence-electron chi connectivity index (χ0n) is 35.7. The Morgan fingerprint density at radius 2 is 1.75 bits per heavy atom. The monoisotopic (exact) mass is 872 g/mol. The Hall–Kier alpha value is -5.82. The van der Waals surface area contributed by atoms with Crippen LogP contribution in [0.2, 0.25) is 0 Å². The molecule has 2 aromatic rings. The molecule has 2 saturated heterocycles. The minimum atomic E-state index is -3.55. The number of carbonyl (C=O) groups excluding carboxylic acids is 6. The molecule has 2 saturated carbocycles. The minimum absolute atomic E-state index is 0.00793. The van der Waals surface area contributed by atoms with Crippen LogP contribution in [0.5, 0.6) is 5.75 Å². The summed E-state index contributed by atoms with van der Waals surface area (Å²) in [7, 11) is 4.93. The number of likely N-dealkylation sites (N-methyl/N-ethyl adjacent to an activating group) is 1. The van der Waals surface area contributed by atoms with Crippen LogP contribution < -0.4 is 26.0 Å². The molecule has 4 N–H and O–H groups in total. The van der Waals surface area contributed by atoms with Gasteiger partial charge in [-0.3, -0.25) is 43.9 Å². The number of ether oxygens (including phenoxy) is 1. The fraction of sp³-hybridized carbons (Fsp3) is 0.545. The molecule has 3 atom stereocenters. The number of benzene rings is 2. The number of aliphatic imine (C=N–C) groups is 2. The first-order valence-electron chi connectivity index (χ1n) is 21.8. The maximum absolute atomic E-state index is 15.1. The van der Waals surface area contributed by atoms with E-state index >= 15 is 8.78 Å². The van der Waals surface area contributed by atoms with Crippen LogP contribution in [0.1, 0.15) is 102 Å². The van der Waals surface area contributed by atoms with Crippen molar-refractivity contribution in [3.63, 3.8) is 0 Å². The van der Waals surface area contributed by atoms with Crippen LogP contribution in [0, 0.1) is 0 Å². The van der Waals surface area contributed by atoms with Crippen LogP contribution >= 0.6 is 0 Å². The van der Waals surface area contributed by atoms with E-state index in [1.165, 1.54) is 20.4 Å². The molecule has 19 heteroatoms. The van der Waals surface area contributed by atoms with Crippen molar-refractivity contribution >= 4 is 59.0 Å². The molecule has 0 spiro atoms. The van der Waals surface area contributed by atoms with Crippen LogP contribution in [0.15, 0.2) is 46.4 Å². The Balaban J connectivity index is 0.810. The van der Waals surface area contributed by atoms with Crippen LogP contribution in [0.4, 0.5) is 20.2 Å². The second-order valence-corrected chi connectivity index (χ2v) is 17.3. The van der Waals surface area contributed by atoms with Gasteiger partial charge in [-0.05, 0) is 95.3 Å². The highest BCUT2D eigenvalue weighted by Gasteiger charge is 2.53. The summed E-state index contributed by atoms with van der Waals surface area (Å²) in [5.41, 5.74) is 1.90. The number of methoxy groups -OCH3 is 1. The number of amides is 6. The van der Waals surface area contributed by atoms with Gasteiger partial charge in [0.1, 0.15) is 24.0 Å². The number of fused-ring (bicyclic) bond motifs is 2. The number of rotatable bonds is 12. The number of carbonyl (C=O) groups is 6. The topological polar surface area (TPSA) is 197 Å². The van der Waals surface area contributed by atoms with Gasteiger partial charge in [0.2, 0.25) is 17.8 Å². The van der Waals surface area contributed by atoms with Crippen LogP contribution in [-0.4, -0.2) is 150 Å². The third-order valence-electron chi connectivity index (χ3n) is 13.3. The molecule has 0 aromatic heterocycles. The molecule has 63 heavy (non-hydrogen) atoms. The quantitative estimate of drug-likeness (QED) is 0.180. The Labute approximate surface area is 364 Å². The molecular formula is C44H54F2N10O7. The number of piperidine rings is 1. The molecule has 4 aliphatic heterocycles. The number of anilines is 2. The fourth-order valence-corrected chi connectivity index (χ4v) is 9.84. The SMILES string of the molecule is COc1cc(C(=O)NC2CCC(N(C)CCCNc3cccc4c3C(=O)N(C3CCC(=O)NC3=O)C4=O)CC2)ccc1NC1=NC2C(C=N1)N(C)C(=O)C(F)(F)CN2C1CCCC1. The molecule has 4 fully saturated rings. The largest absolute Gasteiger partial charge is 0.495 e. The van der Waals surface area contributed by atoms with Crippen LogP contribution in [0.25, 0.3) is 0 Å². The summed E-state index contributed by atoms with van der Waals surface area (Å²) in [5, 5.41) is 11.9. The molecule has 2 aromatic carbocycles. The van der Waals surface area contributed by atoms with Crippen molar-refractivity contribution in [3.05, 3.63) is 53.1 Å². The molecule has 6 amide bonds. The number of alkyl halides is 2. The Morgan fingerprint density at radius 3 is 2.48 bits per heavy atom. The van der Waals surface area contributed by atoms with E-state index in [0.717, 1.165) is 74.1 Å². The number of halogens is 2. The van der Waals surface area contributed by atoms with Gasteiger partial charge in [-0.2, -0.15) is 8.78 Å². The molecule has 0 radical (unpaired) electrons. The second kappa shape index (κ2) is 18.1. The lowest BCUT2D eigenvalue weighted by atomic mass is 9.90. The van der Waals surface area contributed by atoms with Gasteiger partial charge in [0, 0.05) is 55.6 Å². The maximum Gasteiger partial charge on any atom is 0.337 e. The summed E-state index contributed by atoms with van der Waals surface area (Å²) in [6, 6.07) is 8.46. The normalized spacial score (nSPS) is 26.3. The summed E-state index contributed by atoms with van der Waals surface area (Å²) in [6.07, 6.45) is 8.43. The third kappa shape index (κ3) is 8.89. The zero-order chi connectivity index (χ0) is 44.6. The standard InChI is InChI=1S/C44H54F2N10O7/c1-53(21-7-20-47-31-11-6-10-29-36(31)41(61)56(40(29)60)32-18-19-35(57)51-39(32)59)27-15-13-26(14-16-27)49-38(58)25-12-17-30(34(22-25)63-3)50-43-48-23-33-37(52-43)55(28-8-4-5-9-28)24-44(45,46)42(62)54(33)2/h6,10-12,17,22-23,26-28,32-33,37,47H,4-5,7-9,13-16,18-21,24H2,1-3H3,(H,49,58)(H,50,52)(H,51,57,59). The summed E-state index contributed by atoms with van der Waals surface area (Å²) < 4.78 is 35.8. The van der Waals surface area contributed by atoms with E-state index in [-0.39, 0.29) is 47.9 Å². The molecule has 336 valence electrons. The molecular weight excluding hydrogens is 819 g/mol. The van der Waals surface area contributed by atoms with Gasteiger partial charge in [0.25, 0.3) is 23.6 Å². The van der Waals surface area contributed by atoms with Gasteiger partial charge in [-0.15, -0.1) is 0 Å². The molecule has 4 heterocycles. The van der Waals surface area contributed by atoms with Crippen molar-refractivity contribution < 1.29 is 42.3 Å². The number of hydrogen-bond acceptors (Lipinski definition) is 13. The van der Waals surface area contributed by atoms with Gasteiger partial charge < -0.3 is 30.5 Å². The minimum Gasteiger partial charge on any atom is -0.495 e. The van der Waals surface area contributed by atoms with E-state index in [9.17, 15) is 28.8 Å². The smallest absolute Gasteiger partial charge is 0.337 e. The highest BCUT2D eigenvalue weighted by atomic mass is 19.3. The molecule has 2 aliphatic carbocycles. The van der Waals surface area contributed by atoms with Gasteiger partial charge in [-0.25, -0.2) is 9.98 Å². The van der Waals surface area contributed by atoms with Gasteiger partial charge >= 0.3 is 5.92 Å². The summed E-state index contributed by atoms with van der Waals surface area (Å²) in [5.74, 6) is -6.61. The van der Waals surface area contributed by atoms with E-state index in [1.54, 1.807) is 41.3 Å². The third-order valence-corrected chi connectivity index (χ3v) is 13.3. The van der Waals surface area contributed by atoms with Crippen molar-refractivity contribution in [3.8, 4) is 5.75 Å². The zero-order valence-corrected chi connectivity index (χ0v) is 35.7. The van der Waals surface area contributed by atoms with E-state index in [2.05, 4.69) is 38.2 Å². The highest BCUT2D eigenvalue weighted by Crippen LogP contribution is 2.36. The van der Waals surface area contributed by atoms with Crippen molar-refractivity contribution in [2.24, 2.45) is 9.98 Å². The number of nitrogens with zero attached hydrogens (tertiary/aromatic N) is 6. The first kappa shape index (κ1) is 43.8. The average Bonchev–Trinajstić information content (AvgIpc) is 3.89. The molecule has 6 aliphatic rings. The van der Waals surface area contributed by atoms with Crippen LogP contribution in [0.3, 0.4) is 0 Å². The number of imide groups is 2. The van der Waals surface area contributed by atoms with Crippen molar-refractivity contribution in [2.75, 3.05) is 51.5 Å². The first-order chi connectivity index (χ1) is 30.2. The lowest BCUT2D eigenvalue weighted by Crippen LogP contribution is -2.54. The Kier molecular flexibility index (Phi) is 12.6. The Morgan fingerprint density at radius 1 is 0.984 bits per heavy atom. The molecule has 17 nitrogen and oxygen atoms in total. The second-order valence-electron chi connectivity index (χ2n) is 17.3. The predicted octanol–water partition coefficient (Wildman–Crippen LogP) is 3.47. The predicted molar refractivity (Wildman–Crippen MR) is 229 cm³/mol. The molecule has 3 unspecified atom stereocenters. The molecule has 8 rings (SSSR count). The summed E-state index contributed by atoms with van der Waals surface area (Å²) in [6.45, 7) is 0.622.